The number of rotatable bonds is 4. The Kier molecular flexibility index (Phi) is 5.90. The summed E-state index contributed by atoms with van der Waals surface area (Å²) in [5.41, 5.74) is 1.18. The zero-order valence-corrected chi connectivity index (χ0v) is 13.4. The minimum absolute atomic E-state index is 0.685. The first-order valence-corrected chi connectivity index (χ1v) is 7.89. The molecule has 0 bridgehead atoms. The van der Waals surface area contributed by atoms with E-state index in [1.807, 2.05) is 18.2 Å². The third kappa shape index (κ3) is 4.66. The molecule has 0 aromatic heterocycles. The normalized spacial score (nSPS) is 19.5. The number of piperidine rings is 1. The van der Waals surface area contributed by atoms with Gasteiger partial charge in [-0.25, -0.2) is 4.99 Å². The van der Waals surface area contributed by atoms with Gasteiger partial charge in [0.25, 0.3) is 0 Å². The summed E-state index contributed by atoms with van der Waals surface area (Å²) in [4.78, 5) is 7.18. The van der Waals surface area contributed by atoms with Crippen molar-refractivity contribution in [2.75, 3.05) is 26.7 Å². The SMILES string of the molecule is CCNC(=NCc1cccc(OC)c1)N1CCCC(C)C1. The first kappa shape index (κ1) is 15.7. The number of hydrogen-bond donors (Lipinski definition) is 1. The van der Waals surface area contributed by atoms with Gasteiger partial charge in [-0.1, -0.05) is 19.1 Å². The van der Waals surface area contributed by atoms with Gasteiger partial charge < -0.3 is 15.0 Å². The van der Waals surface area contributed by atoms with Crippen molar-refractivity contribution in [3.05, 3.63) is 29.8 Å². The fraction of sp³-hybridized carbons (Fsp3) is 0.588. The molecule has 0 aliphatic carbocycles. The molecule has 21 heavy (non-hydrogen) atoms. The molecule has 0 radical (unpaired) electrons. The molecule has 4 heteroatoms. The zero-order valence-electron chi connectivity index (χ0n) is 13.4. The third-order valence-electron chi connectivity index (χ3n) is 3.84. The van der Waals surface area contributed by atoms with Crippen molar-refractivity contribution in [3.8, 4) is 5.75 Å². The van der Waals surface area contributed by atoms with Gasteiger partial charge in [-0.15, -0.1) is 0 Å². The molecule has 4 nitrogen and oxygen atoms in total. The quantitative estimate of drug-likeness (QED) is 0.684. The molecule has 1 aromatic rings. The number of ether oxygens (including phenoxy) is 1. The van der Waals surface area contributed by atoms with E-state index in [1.165, 1.54) is 18.4 Å². The molecule has 2 rings (SSSR count). The molecule has 1 aliphatic heterocycles. The summed E-state index contributed by atoms with van der Waals surface area (Å²) >= 11 is 0. The monoisotopic (exact) mass is 289 g/mol. The van der Waals surface area contributed by atoms with Crippen molar-refractivity contribution in [1.29, 1.82) is 0 Å². The lowest BCUT2D eigenvalue weighted by atomic mass is 10.0. The van der Waals surface area contributed by atoms with Crippen LogP contribution in [0.2, 0.25) is 0 Å². The number of methoxy groups -OCH3 is 1. The summed E-state index contributed by atoms with van der Waals surface area (Å²) in [5, 5.41) is 3.42. The Labute approximate surface area is 128 Å². The van der Waals surface area contributed by atoms with Gasteiger partial charge in [0.05, 0.1) is 13.7 Å². The minimum atomic E-state index is 0.685. The average molecular weight is 289 g/mol. The van der Waals surface area contributed by atoms with Crippen LogP contribution in [-0.2, 0) is 6.54 Å². The van der Waals surface area contributed by atoms with E-state index in [-0.39, 0.29) is 0 Å². The first-order chi connectivity index (χ1) is 10.2. The second kappa shape index (κ2) is 7.91. The Morgan fingerprint density at radius 2 is 2.33 bits per heavy atom. The molecule has 1 aliphatic rings. The third-order valence-corrected chi connectivity index (χ3v) is 3.84. The lowest BCUT2D eigenvalue weighted by molar-refractivity contribution is 0.266. The molecule has 0 amide bonds. The Balaban J connectivity index is 2.05. The smallest absolute Gasteiger partial charge is 0.194 e. The van der Waals surface area contributed by atoms with Crippen LogP contribution in [0.1, 0.15) is 32.3 Å². The highest BCUT2D eigenvalue weighted by molar-refractivity contribution is 5.80. The van der Waals surface area contributed by atoms with Crippen LogP contribution in [0, 0.1) is 5.92 Å². The number of benzene rings is 1. The van der Waals surface area contributed by atoms with Crippen LogP contribution in [0.4, 0.5) is 0 Å². The molecular weight excluding hydrogens is 262 g/mol. The van der Waals surface area contributed by atoms with Crippen LogP contribution >= 0.6 is 0 Å². The van der Waals surface area contributed by atoms with E-state index >= 15 is 0 Å². The predicted molar refractivity (Wildman–Crippen MR) is 87.8 cm³/mol. The highest BCUT2D eigenvalue weighted by Gasteiger charge is 2.18. The van der Waals surface area contributed by atoms with Crippen LogP contribution in [0.3, 0.4) is 0 Å². The number of hydrogen-bond acceptors (Lipinski definition) is 2. The van der Waals surface area contributed by atoms with Crippen LogP contribution < -0.4 is 10.1 Å². The number of likely N-dealkylation sites (tertiary alicyclic amines) is 1. The van der Waals surface area contributed by atoms with E-state index in [0.29, 0.717) is 6.54 Å². The van der Waals surface area contributed by atoms with Crippen molar-refractivity contribution in [1.82, 2.24) is 10.2 Å². The van der Waals surface area contributed by atoms with Gasteiger partial charge in [-0.3, -0.25) is 0 Å². The molecule has 1 unspecified atom stereocenters. The summed E-state index contributed by atoms with van der Waals surface area (Å²) in [6.45, 7) is 8.23. The molecule has 116 valence electrons. The Hall–Kier alpha value is -1.71. The Bertz CT molecular complexity index is 473. The van der Waals surface area contributed by atoms with Crippen molar-refractivity contribution in [2.45, 2.75) is 33.2 Å². The lowest BCUT2D eigenvalue weighted by Gasteiger charge is -2.33. The topological polar surface area (TPSA) is 36.9 Å². The number of nitrogens with zero attached hydrogens (tertiary/aromatic N) is 2. The second-order valence-electron chi connectivity index (χ2n) is 5.72. The van der Waals surface area contributed by atoms with E-state index in [1.54, 1.807) is 7.11 Å². The van der Waals surface area contributed by atoms with Crippen molar-refractivity contribution < 1.29 is 4.74 Å². The highest BCUT2D eigenvalue weighted by atomic mass is 16.5. The van der Waals surface area contributed by atoms with Gasteiger partial charge in [0.1, 0.15) is 5.75 Å². The summed E-state index contributed by atoms with van der Waals surface area (Å²) in [6.07, 6.45) is 2.58. The van der Waals surface area contributed by atoms with Gasteiger partial charge in [-0.05, 0) is 43.4 Å². The fourth-order valence-corrected chi connectivity index (χ4v) is 2.74. The van der Waals surface area contributed by atoms with Gasteiger partial charge in [0, 0.05) is 19.6 Å². The largest absolute Gasteiger partial charge is 0.497 e. The van der Waals surface area contributed by atoms with E-state index < -0.39 is 0 Å². The summed E-state index contributed by atoms with van der Waals surface area (Å²) in [5.74, 6) is 2.67. The second-order valence-corrected chi connectivity index (χ2v) is 5.72. The van der Waals surface area contributed by atoms with Gasteiger partial charge in [-0.2, -0.15) is 0 Å². The van der Waals surface area contributed by atoms with E-state index in [9.17, 15) is 0 Å². The molecule has 1 N–H and O–H groups in total. The number of guanidine groups is 1. The first-order valence-electron chi connectivity index (χ1n) is 7.89. The fourth-order valence-electron chi connectivity index (χ4n) is 2.74. The standard InChI is InChI=1S/C17H27N3O/c1-4-18-17(20-10-6-7-14(2)13-20)19-12-15-8-5-9-16(11-15)21-3/h5,8-9,11,14H,4,6-7,10,12-13H2,1-3H3,(H,18,19). The maximum Gasteiger partial charge on any atom is 0.194 e. The van der Waals surface area contributed by atoms with Gasteiger partial charge in [0.15, 0.2) is 5.96 Å². The predicted octanol–water partition coefficient (Wildman–Crippen LogP) is 2.89. The Morgan fingerprint density at radius 3 is 3.05 bits per heavy atom. The highest BCUT2D eigenvalue weighted by Crippen LogP contribution is 2.16. The zero-order chi connectivity index (χ0) is 15.1. The molecule has 1 saturated heterocycles. The summed E-state index contributed by atoms with van der Waals surface area (Å²) < 4.78 is 5.27. The molecule has 0 saturated carbocycles. The Morgan fingerprint density at radius 1 is 1.48 bits per heavy atom. The maximum atomic E-state index is 5.27. The number of aliphatic imine (C=N–C) groups is 1. The van der Waals surface area contributed by atoms with E-state index in [4.69, 9.17) is 9.73 Å². The molecule has 1 atom stereocenters. The van der Waals surface area contributed by atoms with Crippen LogP contribution in [0.25, 0.3) is 0 Å². The number of nitrogens with one attached hydrogen (secondary N) is 1. The summed E-state index contributed by atoms with van der Waals surface area (Å²) in [6, 6.07) is 8.12. The van der Waals surface area contributed by atoms with E-state index in [2.05, 4.69) is 30.1 Å². The molecule has 1 fully saturated rings. The average Bonchev–Trinajstić information content (AvgIpc) is 2.51. The van der Waals surface area contributed by atoms with Crippen LogP contribution in [0.5, 0.6) is 5.75 Å². The van der Waals surface area contributed by atoms with Crippen LogP contribution in [-0.4, -0.2) is 37.6 Å². The summed E-state index contributed by atoms with van der Waals surface area (Å²) in [7, 11) is 1.70. The molecule has 1 aromatic carbocycles. The van der Waals surface area contributed by atoms with E-state index in [0.717, 1.165) is 37.3 Å². The van der Waals surface area contributed by atoms with Gasteiger partial charge in [0.2, 0.25) is 0 Å². The molecular formula is C17H27N3O. The van der Waals surface area contributed by atoms with Crippen molar-refractivity contribution in [2.24, 2.45) is 10.9 Å². The minimum Gasteiger partial charge on any atom is -0.497 e. The molecule has 0 spiro atoms. The molecule has 1 heterocycles. The van der Waals surface area contributed by atoms with Crippen LogP contribution in [0.15, 0.2) is 29.3 Å². The van der Waals surface area contributed by atoms with Crippen molar-refractivity contribution in [3.63, 3.8) is 0 Å². The lowest BCUT2D eigenvalue weighted by Crippen LogP contribution is -2.46. The maximum absolute atomic E-state index is 5.27. The van der Waals surface area contributed by atoms with Gasteiger partial charge >= 0.3 is 0 Å². The van der Waals surface area contributed by atoms with Crippen molar-refractivity contribution >= 4 is 5.96 Å².